The number of aliphatic hydroxyl groups excluding tert-OH is 1. The summed E-state index contributed by atoms with van der Waals surface area (Å²) in [6.45, 7) is 5.63. The molecule has 0 unspecified atom stereocenters. The largest absolute Gasteiger partial charge is 0.442 e. The van der Waals surface area contributed by atoms with E-state index in [1.807, 2.05) is 30.3 Å². The Balaban J connectivity index is 2.53. The van der Waals surface area contributed by atoms with Crippen LogP contribution in [0.1, 0.15) is 25.0 Å². The third-order valence-corrected chi connectivity index (χ3v) is 2.86. The van der Waals surface area contributed by atoms with Gasteiger partial charge in [-0.1, -0.05) is 36.9 Å². The van der Waals surface area contributed by atoms with Gasteiger partial charge in [0.2, 0.25) is 0 Å². The van der Waals surface area contributed by atoms with Gasteiger partial charge in [0.1, 0.15) is 6.10 Å². The quantitative estimate of drug-likeness (QED) is 0.831. The first-order chi connectivity index (χ1) is 8.91. The van der Waals surface area contributed by atoms with Crippen molar-refractivity contribution in [3.63, 3.8) is 0 Å². The van der Waals surface area contributed by atoms with E-state index in [0.29, 0.717) is 12.0 Å². The van der Waals surface area contributed by atoms with E-state index in [2.05, 4.69) is 6.58 Å². The zero-order valence-electron chi connectivity index (χ0n) is 11.7. The molecule has 4 heteroatoms. The topological polar surface area (TPSA) is 49.8 Å². The molecule has 0 saturated carbocycles. The summed E-state index contributed by atoms with van der Waals surface area (Å²) in [6, 6.07) is 9.35. The van der Waals surface area contributed by atoms with Crippen LogP contribution in [-0.4, -0.2) is 36.3 Å². The molecule has 0 aliphatic carbocycles. The highest BCUT2D eigenvalue weighted by atomic mass is 16.6. The zero-order chi connectivity index (χ0) is 14.4. The van der Waals surface area contributed by atoms with Crippen LogP contribution in [0, 0.1) is 0 Å². The third kappa shape index (κ3) is 4.75. The van der Waals surface area contributed by atoms with Crippen molar-refractivity contribution < 1.29 is 14.6 Å². The second kappa shape index (κ2) is 6.95. The monoisotopic (exact) mass is 263 g/mol. The molecule has 4 nitrogen and oxygen atoms in total. The number of rotatable bonds is 5. The lowest BCUT2D eigenvalue weighted by Crippen LogP contribution is -2.27. The van der Waals surface area contributed by atoms with Crippen LogP contribution in [0.5, 0.6) is 0 Å². The Kier molecular flexibility index (Phi) is 5.57. The molecule has 0 heterocycles. The van der Waals surface area contributed by atoms with Crippen LogP contribution in [0.4, 0.5) is 4.79 Å². The van der Waals surface area contributed by atoms with Crippen molar-refractivity contribution in [2.24, 2.45) is 0 Å². The molecule has 0 fully saturated rings. The van der Waals surface area contributed by atoms with Gasteiger partial charge in [0.25, 0.3) is 0 Å². The van der Waals surface area contributed by atoms with Crippen molar-refractivity contribution >= 4 is 6.09 Å². The molecular weight excluding hydrogens is 242 g/mol. The van der Waals surface area contributed by atoms with Crippen molar-refractivity contribution in [2.75, 3.05) is 14.1 Å². The summed E-state index contributed by atoms with van der Waals surface area (Å²) in [6.07, 6.45) is -1.10. The molecule has 1 aromatic rings. The van der Waals surface area contributed by atoms with Crippen LogP contribution >= 0.6 is 0 Å². The molecule has 0 bridgehead atoms. The lowest BCUT2D eigenvalue weighted by Gasteiger charge is -2.20. The SMILES string of the molecule is C=C(C[C@@H](O)c1ccccc1)[C@@H](C)OC(=O)N(C)C. The first kappa shape index (κ1) is 15.2. The summed E-state index contributed by atoms with van der Waals surface area (Å²) in [7, 11) is 3.24. The first-order valence-electron chi connectivity index (χ1n) is 6.20. The van der Waals surface area contributed by atoms with Gasteiger partial charge in [-0.15, -0.1) is 0 Å². The van der Waals surface area contributed by atoms with E-state index in [4.69, 9.17) is 4.74 Å². The second-order valence-corrected chi connectivity index (χ2v) is 4.71. The van der Waals surface area contributed by atoms with Gasteiger partial charge in [-0.25, -0.2) is 4.79 Å². The van der Waals surface area contributed by atoms with Crippen LogP contribution in [0.2, 0.25) is 0 Å². The molecule has 1 rings (SSSR count). The highest BCUT2D eigenvalue weighted by Crippen LogP contribution is 2.22. The average molecular weight is 263 g/mol. The molecule has 1 N–H and O–H groups in total. The maximum atomic E-state index is 11.4. The fraction of sp³-hybridized carbons (Fsp3) is 0.400. The summed E-state index contributed by atoms with van der Waals surface area (Å²) in [5.41, 5.74) is 1.52. The van der Waals surface area contributed by atoms with Crippen LogP contribution < -0.4 is 0 Å². The summed E-state index contributed by atoms with van der Waals surface area (Å²) in [5.74, 6) is 0. The molecule has 0 aliphatic heterocycles. The van der Waals surface area contributed by atoms with Gasteiger partial charge < -0.3 is 14.7 Å². The van der Waals surface area contributed by atoms with E-state index in [0.717, 1.165) is 5.56 Å². The van der Waals surface area contributed by atoms with Gasteiger partial charge in [-0.3, -0.25) is 0 Å². The van der Waals surface area contributed by atoms with E-state index >= 15 is 0 Å². The van der Waals surface area contributed by atoms with Crippen LogP contribution in [0.3, 0.4) is 0 Å². The summed E-state index contributed by atoms with van der Waals surface area (Å²) < 4.78 is 5.19. The van der Waals surface area contributed by atoms with Gasteiger partial charge in [-0.05, 0) is 18.1 Å². The van der Waals surface area contributed by atoms with Crippen LogP contribution in [0.25, 0.3) is 0 Å². The van der Waals surface area contributed by atoms with E-state index in [1.54, 1.807) is 21.0 Å². The van der Waals surface area contributed by atoms with E-state index in [-0.39, 0.29) is 0 Å². The molecule has 0 aliphatic rings. The van der Waals surface area contributed by atoms with Crippen molar-refractivity contribution in [2.45, 2.75) is 25.6 Å². The predicted octanol–water partition coefficient (Wildman–Crippen LogP) is 2.75. The molecule has 0 aromatic heterocycles. The van der Waals surface area contributed by atoms with Crippen molar-refractivity contribution in [3.8, 4) is 0 Å². The lowest BCUT2D eigenvalue weighted by molar-refractivity contribution is 0.0900. The van der Waals surface area contributed by atoms with E-state index < -0.39 is 18.3 Å². The number of aliphatic hydroxyl groups is 1. The van der Waals surface area contributed by atoms with Gasteiger partial charge >= 0.3 is 6.09 Å². The number of amides is 1. The second-order valence-electron chi connectivity index (χ2n) is 4.71. The minimum atomic E-state index is -0.630. The van der Waals surface area contributed by atoms with Crippen LogP contribution in [0.15, 0.2) is 42.5 Å². The number of ether oxygens (including phenoxy) is 1. The Hall–Kier alpha value is -1.81. The minimum Gasteiger partial charge on any atom is -0.442 e. The minimum absolute atomic E-state index is 0.367. The maximum Gasteiger partial charge on any atom is 0.409 e. The molecule has 104 valence electrons. The molecule has 0 spiro atoms. The highest BCUT2D eigenvalue weighted by Gasteiger charge is 2.17. The maximum absolute atomic E-state index is 11.4. The average Bonchev–Trinajstić information content (AvgIpc) is 2.39. The van der Waals surface area contributed by atoms with Gasteiger partial charge in [0.05, 0.1) is 6.10 Å². The molecule has 0 radical (unpaired) electrons. The number of carbonyl (C=O) groups excluding carboxylic acids is 1. The predicted molar refractivity (Wildman–Crippen MR) is 74.8 cm³/mol. The Labute approximate surface area is 114 Å². The van der Waals surface area contributed by atoms with Crippen molar-refractivity contribution in [1.82, 2.24) is 4.90 Å². The fourth-order valence-electron chi connectivity index (χ4n) is 1.55. The van der Waals surface area contributed by atoms with Crippen molar-refractivity contribution in [1.29, 1.82) is 0 Å². The van der Waals surface area contributed by atoms with Gasteiger partial charge in [0.15, 0.2) is 0 Å². The smallest absolute Gasteiger partial charge is 0.409 e. The lowest BCUT2D eigenvalue weighted by atomic mass is 10.00. The number of carbonyl (C=O) groups is 1. The number of benzene rings is 1. The van der Waals surface area contributed by atoms with Crippen LogP contribution in [-0.2, 0) is 4.74 Å². The molecular formula is C15H21NO3. The van der Waals surface area contributed by atoms with Gasteiger partial charge in [-0.2, -0.15) is 0 Å². The molecule has 19 heavy (non-hydrogen) atoms. The normalized spacial score (nSPS) is 13.5. The number of nitrogens with zero attached hydrogens (tertiary/aromatic N) is 1. The molecule has 1 aromatic carbocycles. The Morgan fingerprint density at radius 3 is 2.47 bits per heavy atom. The Morgan fingerprint density at radius 1 is 1.37 bits per heavy atom. The van der Waals surface area contributed by atoms with Gasteiger partial charge in [0, 0.05) is 20.5 Å². The summed E-state index contributed by atoms with van der Waals surface area (Å²) >= 11 is 0. The standard InChI is InChI=1S/C15H21NO3/c1-11(12(2)19-15(18)16(3)4)10-14(17)13-8-6-5-7-9-13/h5-9,12,14,17H,1,10H2,2-4H3/t12-,14-/m1/s1. The number of hydrogen-bond acceptors (Lipinski definition) is 3. The Morgan fingerprint density at radius 2 is 1.95 bits per heavy atom. The Bertz CT molecular complexity index is 428. The number of hydrogen-bond donors (Lipinski definition) is 1. The molecule has 2 atom stereocenters. The first-order valence-corrected chi connectivity index (χ1v) is 6.20. The summed E-state index contributed by atoms with van der Waals surface area (Å²) in [4.78, 5) is 12.8. The molecule has 0 saturated heterocycles. The van der Waals surface area contributed by atoms with Crippen molar-refractivity contribution in [3.05, 3.63) is 48.0 Å². The molecule has 1 amide bonds. The zero-order valence-corrected chi connectivity index (χ0v) is 11.7. The fourth-order valence-corrected chi connectivity index (χ4v) is 1.55. The van der Waals surface area contributed by atoms with E-state index in [1.165, 1.54) is 4.90 Å². The van der Waals surface area contributed by atoms with E-state index in [9.17, 15) is 9.90 Å². The summed E-state index contributed by atoms with van der Waals surface area (Å²) in [5, 5.41) is 10.1. The third-order valence-electron chi connectivity index (χ3n) is 2.86. The highest BCUT2D eigenvalue weighted by molar-refractivity contribution is 5.67.